The van der Waals surface area contributed by atoms with E-state index in [2.05, 4.69) is 21.2 Å². The van der Waals surface area contributed by atoms with Crippen LogP contribution in [0, 0.1) is 6.92 Å². The molecule has 0 radical (unpaired) electrons. The lowest BCUT2D eigenvalue weighted by atomic mass is 10.1. The van der Waals surface area contributed by atoms with Crippen molar-refractivity contribution < 1.29 is 4.79 Å². The van der Waals surface area contributed by atoms with Crippen LogP contribution in [0.3, 0.4) is 0 Å². The molecule has 3 N–H and O–H groups in total. The van der Waals surface area contributed by atoms with Gasteiger partial charge >= 0.3 is 0 Å². The third-order valence-corrected chi connectivity index (χ3v) is 3.95. The lowest BCUT2D eigenvalue weighted by Gasteiger charge is -2.12. The van der Waals surface area contributed by atoms with Crippen LogP contribution in [0.5, 0.6) is 0 Å². The molecule has 0 aliphatic heterocycles. The van der Waals surface area contributed by atoms with Gasteiger partial charge in [0.05, 0.1) is 5.69 Å². The Morgan fingerprint density at radius 1 is 1.26 bits per heavy atom. The third kappa shape index (κ3) is 2.96. The summed E-state index contributed by atoms with van der Waals surface area (Å²) < 4.78 is 1.02. The number of hydrogen-bond acceptors (Lipinski definition) is 3. The second kappa shape index (κ2) is 5.45. The van der Waals surface area contributed by atoms with Crippen LogP contribution in [0.15, 0.2) is 40.9 Å². The van der Waals surface area contributed by atoms with E-state index in [0.717, 1.165) is 21.4 Å². The summed E-state index contributed by atoms with van der Waals surface area (Å²) in [5.74, 6) is -0.0270. The summed E-state index contributed by atoms with van der Waals surface area (Å²) >= 11 is 3.55. The van der Waals surface area contributed by atoms with Gasteiger partial charge in [0, 0.05) is 21.4 Å². The number of carbonyl (C=O) groups is 1. The lowest BCUT2D eigenvalue weighted by molar-refractivity contribution is 0.101. The maximum absolute atomic E-state index is 11.3. The minimum Gasteiger partial charge on any atom is -0.398 e. The molecule has 0 aromatic heterocycles. The van der Waals surface area contributed by atoms with Crippen LogP contribution in [0.25, 0.3) is 0 Å². The molecular weight excluding hydrogens is 304 g/mol. The number of carbonyl (C=O) groups excluding carboxylic acids is 1. The SMILES string of the molecule is CC(=O)c1ccc(Nc2cccc(C)c2Br)cc1N. The number of aryl methyl sites for hydroxylation is 1. The zero-order valence-electron chi connectivity index (χ0n) is 10.8. The van der Waals surface area contributed by atoms with Crippen molar-refractivity contribution in [2.45, 2.75) is 13.8 Å². The molecule has 3 nitrogen and oxygen atoms in total. The Bertz CT molecular complexity index is 638. The fraction of sp³-hybridized carbons (Fsp3) is 0.133. The van der Waals surface area contributed by atoms with E-state index in [4.69, 9.17) is 5.73 Å². The van der Waals surface area contributed by atoms with Crippen LogP contribution in [-0.4, -0.2) is 5.78 Å². The summed E-state index contributed by atoms with van der Waals surface area (Å²) in [4.78, 5) is 11.3. The largest absolute Gasteiger partial charge is 0.398 e. The van der Waals surface area contributed by atoms with E-state index >= 15 is 0 Å². The van der Waals surface area contributed by atoms with E-state index in [-0.39, 0.29) is 5.78 Å². The highest BCUT2D eigenvalue weighted by Crippen LogP contribution is 2.29. The van der Waals surface area contributed by atoms with E-state index in [0.29, 0.717) is 11.3 Å². The van der Waals surface area contributed by atoms with Crippen LogP contribution in [0.1, 0.15) is 22.8 Å². The fourth-order valence-corrected chi connectivity index (χ4v) is 2.22. The van der Waals surface area contributed by atoms with Crippen molar-refractivity contribution in [3.8, 4) is 0 Å². The average Bonchev–Trinajstić information content (AvgIpc) is 2.34. The van der Waals surface area contributed by atoms with E-state index in [1.165, 1.54) is 6.92 Å². The Morgan fingerprint density at radius 3 is 2.63 bits per heavy atom. The Kier molecular flexibility index (Phi) is 3.90. The minimum atomic E-state index is -0.0270. The number of ketones is 1. The van der Waals surface area contributed by atoms with Crippen molar-refractivity contribution in [3.05, 3.63) is 52.0 Å². The van der Waals surface area contributed by atoms with Gasteiger partial charge in [0.15, 0.2) is 5.78 Å². The molecule has 0 spiro atoms. The minimum absolute atomic E-state index is 0.0270. The highest BCUT2D eigenvalue weighted by atomic mass is 79.9. The van der Waals surface area contributed by atoms with Crippen molar-refractivity contribution >= 4 is 38.8 Å². The predicted molar refractivity (Wildman–Crippen MR) is 83.0 cm³/mol. The van der Waals surface area contributed by atoms with Gasteiger partial charge in [0.2, 0.25) is 0 Å². The van der Waals surface area contributed by atoms with E-state index in [1.54, 1.807) is 12.1 Å². The number of rotatable bonds is 3. The first kappa shape index (κ1) is 13.6. The number of anilines is 3. The summed E-state index contributed by atoms with van der Waals surface area (Å²) in [6.07, 6.45) is 0. The molecule has 0 aliphatic rings. The van der Waals surface area contributed by atoms with Crippen LogP contribution in [0.4, 0.5) is 17.1 Å². The monoisotopic (exact) mass is 318 g/mol. The van der Waals surface area contributed by atoms with Gasteiger partial charge < -0.3 is 11.1 Å². The molecule has 2 rings (SSSR count). The van der Waals surface area contributed by atoms with E-state index in [9.17, 15) is 4.79 Å². The Hall–Kier alpha value is -1.81. The van der Waals surface area contributed by atoms with Crippen LogP contribution >= 0.6 is 15.9 Å². The summed E-state index contributed by atoms with van der Waals surface area (Å²) in [6.45, 7) is 3.54. The first-order chi connectivity index (χ1) is 8.99. The van der Waals surface area contributed by atoms with Gasteiger partial charge in [-0.05, 0) is 59.6 Å². The number of nitrogens with two attached hydrogens (primary N) is 1. The molecule has 98 valence electrons. The highest BCUT2D eigenvalue weighted by molar-refractivity contribution is 9.10. The summed E-state index contributed by atoms with van der Waals surface area (Å²) in [5.41, 5.74) is 9.88. The number of nitrogens with one attached hydrogen (secondary N) is 1. The van der Waals surface area contributed by atoms with Gasteiger partial charge in [-0.1, -0.05) is 12.1 Å². The Morgan fingerprint density at radius 2 is 2.00 bits per heavy atom. The maximum atomic E-state index is 11.3. The molecule has 4 heteroatoms. The maximum Gasteiger partial charge on any atom is 0.161 e. The van der Waals surface area contributed by atoms with Crippen LogP contribution in [0.2, 0.25) is 0 Å². The molecule has 0 unspecified atom stereocenters. The lowest BCUT2D eigenvalue weighted by Crippen LogP contribution is -2.01. The molecular formula is C15H15BrN2O. The number of hydrogen-bond donors (Lipinski definition) is 2. The van der Waals surface area contributed by atoms with Crippen molar-refractivity contribution in [2.24, 2.45) is 0 Å². The normalized spacial score (nSPS) is 10.3. The Balaban J connectivity index is 2.32. The molecule has 0 saturated carbocycles. The van der Waals surface area contributed by atoms with Gasteiger partial charge in [-0.2, -0.15) is 0 Å². The fourth-order valence-electron chi connectivity index (χ4n) is 1.86. The zero-order valence-corrected chi connectivity index (χ0v) is 12.4. The quantitative estimate of drug-likeness (QED) is 0.655. The average molecular weight is 319 g/mol. The van der Waals surface area contributed by atoms with Crippen LogP contribution < -0.4 is 11.1 Å². The smallest absolute Gasteiger partial charge is 0.161 e. The van der Waals surface area contributed by atoms with E-state index < -0.39 is 0 Å². The van der Waals surface area contributed by atoms with Crippen LogP contribution in [-0.2, 0) is 0 Å². The van der Waals surface area contributed by atoms with E-state index in [1.807, 2.05) is 31.2 Å². The van der Waals surface area contributed by atoms with Crippen molar-refractivity contribution in [1.82, 2.24) is 0 Å². The molecule has 0 heterocycles. The first-order valence-electron chi connectivity index (χ1n) is 5.91. The second-order valence-electron chi connectivity index (χ2n) is 4.42. The predicted octanol–water partition coefficient (Wildman–Crippen LogP) is 4.29. The van der Waals surface area contributed by atoms with Gasteiger partial charge in [0.25, 0.3) is 0 Å². The van der Waals surface area contributed by atoms with Gasteiger partial charge in [-0.3, -0.25) is 4.79 Å². The summed E-state index contributed by atoms with van der Waals surface area (Å²) in [7, 11) is 0. The molecule has 0 bridgehead atoms. The molecule has 0 amide bonds. The molecule has 19 heavy (non-hydrogen) atoms. The van der Waals surface area contributed by atoms with Crippen molar-refractivity contribution in [1.29, 1.82) is 0 Å². The summed E-state index contributed by atoms with van der Waals surface area (Å²) in [5, 5.41) is 3.28. The number of halogens is 1. The standard InChI is InChI=1S/C15H15BrN2O/c1-9-4-3-5-14(15(9)16)18-11-6-7-12(10(2)19)13(17)8-11/h3-8,18H,17H2,1-2H3. The molecule has 2 aromatic rings. The molecule has 2 aromatic carbocycles. The molecule has 0 saturated heterocycles. The number of Topliss-reactive ketones (excluding diaryl/α,β-unsaturated/α-hetero) is 1. The number of nitrogen functional groups attached to an aromatic ring is 1. The molecule has 0 fully saturated rings. The third-order valence-electron chi connectivity index (χ3n) is 2.90. The molecule has 0 atom stereocenters. The van der Waals surface area contributed by atoms with Crippen molar-refractivity contribution in [2.75, 3.05) is 11.1 Å². The Labute approximate surface area is 121 Å². The van der Waals surface area contributed by atoms with Gasteiger partial charge in [0.1, 0.15) is 0 Å². The summed E-state index contributed by atoms with van der Waals surface area (Å²) in [6, 6.07) is 11.3. The number of benzene rings is 2. The highest BCUT2D eigenvalue weighted by Gasteiger charge is 2.07. The van der Waals surface area contributed by atoms with Crippen molar-refractivity contribution in [3.63, 3.8) is 0 Å². The first-order valence-corrected chi connectivity index (χ1v) is 6.71. The zero-order chi connectivity index (χ0) is 14.0. The molecule has 0 aliphatic carbocycles. The topological polar surface area (TPSA) is 55.1 Å². The second-order valence-corrected chi connectivity index (χ2v) is 5.21. The van der Waals surface area contributed by atoms with Gasteiger partial charge in [-0.25, -0.2) is 0 Å². The van der Waals surface area contributed by atoms with Gasteiger partial charge in [-0.15, -0.1) is 0 Å².